The van der Waals surface area contributed by atoms with Gasteiger partial charge in [0.2, 0.25) is 0 Å². The highest BCUT2D eigenvalue weighted by molar-refractivity contribution is 6.30. The van der Waals surface area contributed by atoms with E-state index in [2.05, 4.69) is 11.9 Å². The molecule has 0 aromatic carbocycles. The maximum absolute atomic E-state index is 12.5. The number of hydrogen-bond acceptors (Lipinski definition) is 3. The fourth-order valence-electron chi connectivity index (χ4n) is 2.61. The van der Waals surface area contributed by atoms with E-state index in [1.54, 1.807) is 0 Å². The molecule has 5 nitrogen and oxygen atoms in total. The Hall–Kier alpha value is -1.07. The molecule has 20 heavy (non-hydrogen) atoms. The van der Waals surface area contributed by atoms with Gasteiger partial charge >= 0.3 is 5.69 Å². The number of H-pyrrole nitrogens is 1. The summed E-state index contributed by atoms with van der Waals surface area (Å²) in [4.78, 5) is 27.1. The van der Waals surface area contributed by atoms with Gasteiger partial charge in [0, 0.05) is 19.8 Å². The molecule has 0 spiro atoms. The van der Waals surface area contributed by atoms with Gasteiger partial charge in [0.05, 0.1) is 5.56 Å². The van der Waals surface area contributed by atoms with Crippen molar-refractivity contribution in [3.05, 3.63) is 31.6 Å². The second-order valence-corrected chi connectivity index (χ2v) is 6.50. The quantitative estimate of drug-likeness (QED) is 0.870. The second-order valence-electron chi connectivity index (χ2n) is 6.13. The van der Waals surface area contributed by atoms with Gasteiger partial charge in [0.1, 0.15) is 5.15 Å². The van der Waals surface area contributed by atoms with Crippen LogP contribution in [0.3, 0.4) is 0 Å². The number of rotatable bonds is 3. The first kappa shape index (κ1) is 15.3. The Balaban J connectivity index is 2.44. The molecule has 0 bridgehead atoms. The van der Waals surface area contributed by atoms with Crippen LogP contribution in [-0.4, -0.2) is 22.8 Å². The van der Waals surface area contributed by atoms with E-state index in [0.29, 0.717) is 25.3 Å². The molecular formula is C14H21ClN2O3. The second kappa shape index (κ2) is 5.74. The van der Waals surface area contributed by atoms with Gasteiger partial charge < -0.3 is 4.74 Å². The van der Waals surface area contributed by atoms with Crippen molar-refractivity contribution < 1.29 is 4.74 Å². The Morgan fingerprint density at radius 1 is 1.35 bits per heavy atom. The first-order chi connectivity index (χ1) is 9.34. The summed E-state index contributed by atoms with van der Waals surface area (Å²) in [6.45, 7) is 7.62. The van der Waals surface area contributed by atoms with Crippen molar-refractivity contribution in [3.63, 3.8) is 0 Å². The first-order valence-corrected chi connectivity index (χ1v) is 7.32. The molecule has 0 amide bonds. The number of ether oxygens (including phenoxy) is 1. The van der Waals surface area contributed by atoms with Crippen molar-refractivity contribution in [2.24, 2.45) is 5.41 Å². The number of aromatic nitrogens is 2. The molecule has 1 fully saturated rings. The Morgan fingerprint density at radius 2 is 1.95 bits per heavy atom. The lowest BCUT2D eigenvalue weighted by Crippen LogP contribution is -2.43. The van der Waals surface area contributed by atoms with Gasteiger partial charge in [-0.25, -0.2) is 4.79 Å². The van der Waals surface area contributed by atoms with E-state index in [4.69, 9.17) is 16.3 Å². The fourth-order valence-corrected chi connectivity index (χ4v) is 2.99. The molecule has 1 aliphatic rings. The van der Waals surface area contributed by atoms with Crippen molar-refractivity contribution in [2.45, 2.75) is 46.1 Å². The lowest BCUT2D eigenvalue weighted by Gasteiger charge is -2.33. The molecule has 1 aromatic heterocycles. The average Bonchev–Trinajstić information content (AvgIpc) is 2.34. The summed E-state index contributed by atoms with van der Waals surface area (Å²) in [6, 6.07) is 0. The van der Waals surface area contributed by atoms with Crippen LogP contribution in [0.4, 0.5) is 0 Å². The Kier molecular flexibility index (Phi) is 4.39. The van der Waals surface area contributed by atoms with Crippen molar-refractivity contribution in [1.29, 1.82) is 0 Å². The summed E-state index contributed by atoms with van der Waals surface area (Å²) in [6.07, 6.45) is 1.69. The summed E-state index contributed by atoms with van der Waals surface area (Å²) < 4.78 is 6.63. The van der Waals surface area contributed by atoms with Gasteiger partial charge in [-0.05, 0) is 24.2 Å². The monoisotopic (exact) mass is 300 g/mol. The van der Waals surface area contributed by atoms with E-state index in [0.717, 1.165) is 12.8 Å². The van der Waals surface area contributed by atoms with Crippen LogP contribution in [0.2, 0.25) is 5.15 Å². The van der Waals surface area contributed by atoms with E-state index in [-0.39, 0.29) is 22.0 Å². The minimum atomic E-state index is -0.433. The standard InChI is InChI=1S/C14H21ClN2O3/c1-9(2)10-11(15)16-13(19)17(12(10)18)8-14(3)4-6-20-7-5-14/h9H,4-8H2,1-3H3,(H,16,19). The highest BCUT2D eigenvalue weighted by atomic mass is 35.5. The molecular weight excluding hydrogens is 280 g/mol. The number of aromatic amines is 1. The third-order valence-electron chi connectivity index (χ3n) is 3.99. The number of nitrogens with zero attached hydrogens (tertiary/aromatic N) is 1. The molecule has 0 aliphatic carbocycles. The van der Waals surface area contributed by atoms with Crippen molar-refractivity contribution in [2.75, 3.05) is 13.2 Å². The van der Waals surface area contributed by atoms with E-state index >= 15 is 0 Å². The molecule has 0 saturated carbocycles. The van der Waals surface area contributed by atoms with Gasteiger partial charge in [-0.1, -0.05) is 32.4 Å². The lowest BCUT2D eigenvalue weighted by atomic mass is 9.82. The zero-order chi connectivity index (χ0) is 14.9. The van der Waals surface area contributed by atoms with Gasteiger partial charge in [-0.3, -0.25) is 14.3 Å². The van der Waals surface area contributed by atoms with Crippen LogP contribution in [0.15, 0.2) is 9.59 Å². The number of nitrogens with one attached hydrogen (secondary N) is 1. The van der Waals surface area contributed by atoms with Crippen LogP contribution in [0.5, 0.6) is 0 Å². The normalized spacial score (nSPS) is 18.4. The van der Waals surface area contributed by atoms with Crippen LogP contribution in [0, 0.1) is 5.41 Å². The number of halogens is 1. The highest BCUT2D eigenvalue weighted by Gasteiger charge is 2.29. The summed E-state index contributed by atoms with van der Waals surface area (Å²) >= 11 is 5.99. The maximum atomic E-state index is 12.5. The molecule has 1 aliphatic heterocycles. The molecule has 6 heteroatoms. The largest absolute Gasteiger partial charge is 0.381 e. The molecule has 1 N–H and O–H groups in total. The zero-order valence-electron chi connectivity index (χ0n) is 12.2. The summed E-state index contributed by atoms with van der Waals surface area (Å²) in [5.41, 5.74) is -0.322. The minimum absolute atomic E-state index is 0.0272. The van der Waals surface area contributed by atoms with Gasteiger partial charge in [-0.2, -0.15) is 0 Å². The van der Waals surface area contributed by atoms with E-state index < -0.39 is 5.69 Å². The van der Waals surface area contributed by atoms with Crippen LogP contribution >= 0.6 is 11.6 Å². The van der Waals surface area contributed by atoms with E-state index in [1.807, 2.05) is 13.8 Å². The van der Waals surface area contributed by atoms with Gasteiger partial charge in [0.15, 0.2) is 0 Å². The van der Waals surface area contributed by atoms with Crippen molar-refractivity contribution >= 4 is 11.6 Å². The molecule has 1 saturated heterocycles. The fraction of sp³-hybridized carbons (Fsp3) is 0.714. The Labute approximate surface area is 122 Å². The Morgan fingerprint density at radius 3 is 2.50 bits per heavy atom. The van der Waals surface area contributed by atoms with Gasteiger partial charge in [0.25, 0.3) is 5.56 Å². The Bertz CT molecular complexity index is 597. The summed E-state index contributed by atoms with van der Waals surface area (Å²) in [5, 5.41) is 0.156. The third-order valence-corrected chi connectivity index (χ3v) is 4.29. The summed E-state index contributed by atoms with van der Waals surface area (Å²) in [7, 11) is 0. The molecule has 112 valence electrons. The molecule has 2 rings (SSSR count). The SMILES string of the molecule is CC(C)c1c(Cl)[nH]c(=O)n(CC2(C)CCOCC2)c1=O. The van der Waals surface area contributed by atoms with Crippen LogP contribution in [-0.2, 0) is 11.3 Å². The molecule has 0 atom stereocenters. The molecule has 0 unspecified atom stereocenters. The smallest absolute Gasteiger partial charge is 0.329 e. The van der Waals surface area contributed by atoms with Crippen LogP contribution < -0.4 is 11.2 Å². The van der Waals surface area contributed by atoms with Crippen molar-refractivity contribution in [1.82, 2.24) is 9.55 Å². The highest BCUT2D eigenvalue weighted by Crippen LogP contribution is 2.31. The predicted octanol–water partition coefficient (Wildman–Crippen LogP) is 2.13. The number of hydrogen-bond donors (Lipinski definition) is 1. The third kappa shape index (κ3) is 2.99. The topological polar surface area (TPSA) is 64.1 Å². The van der Waals surface area contributed by atoms with Gasteiger partial charge in [-0.15, -0.1) is 0 Å². The van der Waals surface area contributed by atoms with Crippen LogP contribution in [0.25, 0.3) is 0 Å². The average molecular weight is 301 g/mol. The first-order valence-electron chi connectivity index (χ1n) is 6.94. The van der Waals surface area contributed by atoms with E-state index in [9.17, 15) is 9.59 Å². The lowest BCUT2D eigenvalue weighted by molar-refractivity contribution is 0.0144. The molecule has 2 heterocycles. The summed E-state index contributed by atoms with van der Waals surface area (Å²) in [5.74, 6) is -0.0272. The zero-order valence-corrected chi connectivity index (χ0v) is 12.9. The molecule has 1 aromatic rings. The van der Waals surface area contributed by atoms with Crippen LogP contribution in [0.1, 0.15) is 45.1 Å². The van der Waals surface area contributed by atoms with E-state index in [1.165, 1.54) is 4.57 Å². The minimum Gasteiger partial charge on any atom is -0.381 e. The predicted molar refractivity (Wildman–Crippen MR) is 78.6 cm³/mol. The maximum Gasteiger partial charge on any atom is 0.329 e. The van der Waals surface area contributed by atoms with Crippen molar-refractivity contribution in [3.8, 4) is 0 Å². The molecule has 0 radical (unpaired) electrons.